The molecule has 0 aliphatic carbocycles. The van der Waals surface area contributed by atoms with Crippen LogP contribution in [0.25, 0.3) is 10.6 Å². The van der Waals surface area contributed by atoms with Crippen molar-refractivity contribution in [3.63, 3.8) is 0 Å². The van der Waals surface area contributed by atoms with Gasteiger partial charge >= 0.3 is 6.18 Å². The monoisotopic (exact) mass is 391 g/mol. The van der Waals surface area contributed by atoms with Crippen molar-refractivity contribution >= 4 is 34.7 Å². The van der Waals surface area contributed by atoms with E-state index >= 15 is 0 Å². The van der Waals surface area contributed by atoms with Crippen molar-refractivity contribution in [1.29, 1.82) is 0 Å². The molecule has 24 heavy (non-hydrogen) atoms. The fourth-order valence-electron chi connectivity index (χ4n) is 1.84. The van der Waals surface area contributed by atoms with Gasteiger partial charge in [-0.15, -0.1) is 21.5 Å². The highest BCUT2D eigenvalue weighted by Crippen LogP contribution is 2.33. The molecule has 5 nitrogen and oxygen atoms in total. The second-order valence-electron chi connectivity index (χ2n) is 4.59. The number of halogens is 4. The first-order valence-corrected chi connectivity index (χ1v) is 8.70. The van der Waals surface area contributed by atoms with E-state index in [9.17, 15) is 13.2 Å². The molecule has 0 aliphatic heterocycles. The predicted molar refractivity (Wildman–Crippen MR) is 87.3 cm³/mol. The van der Waals surface area contributed by atoms with Crippen molar-refractivity contribution in [2.24, 2.45) is 0 Å². The normalized spacial score (nSPS) is 11.8. The van der Waals surface area contributed by atoms with Gasteiger partial charge < -0.3 is 5.84 Å². The summed E-state index contributed by atoms with van der Waals surface area (Å²) in [7, 11) is 0. The summed E-state index contributed by atoms with van der Waals surface area (Å²) in [4.78, 5) is 4.43. The van der Waals surface area contributed by atoms with Gasteiger partial charge in [0.25, 0.3) is 5.82 Å². The first-order chi connectivity index (χ1) is 11.4. The Morgan fingerprint density at radius 2 is 2.00 bits per heavy atom. The number of nitrogen functional groups attached to an aromatic ring is 1. The lowest BCUT2D eigenvalue weighted by molar-refractivity contribution is -0.146. The fraction of sp³-hybridized carbons (Fsp3) is 0.154. The van der Waals surface area contributed by atoms with Crippen molar-refractivity contribution in [2.75, 3.05) is 5.84 Å². The van der Waals surface area contributed by atoms with Gasteiger partial charge in [-0.3, -0.25) is 0 Å². The van der Waals surface area contributed by atoms with Crippen molar-refractivity contribution < 1.29 is 13.2 Å². The van der Waals surface area contributed by atoms with E-state index in [1.54, 1.807) is 6.07 Å². The zero-order valence-corrected chi connectivity index (χ0v) is 14.2. The van der Waals surface area contributed by atoms with Gasteiger partial charge in [0.1, 0.15) is 5.01 Å². The lowest BCUT2D eigenvalue weighted by atomic mass is 10.2. The molecule has 3 aromatic rings. The Kier molecular flexibility index (Phi) is 4.70. The number of nitrogens with two attached hydrogens (primary N) is 1. The van der Waals surface area contributed by atoms with E-state index in [1.807, 2.05) is 23.6 Å². The number of thioether (sulfide) groups is 1. The molecule has 0 fully saturated rings. The molecule has 0 saturated carbocycles. The number of hydrogen-bond acceptors (Lipinski definition) is 6. The first-order valence-electron chi connectivity index (χ1n) is 6.46. The number of alkyl halides is 3. The first kappa shape index (κ1) is 17.1. The molecular formula is C13H9ClF3N5S2. The Morgan fingerprint density at radius 1 is 1.25 bits per heavy atom. The molecule has 0 atom stereocenters. The maximum atomic E-state index is 12.6. The van der Waals surface area contributed by atoms with Crippen LogP contribution in [0.15, 0.2) is 34.8 Å². The standard InChI is InChI=1S/C13H9ClF3N5S2/c14-9-4-2-1-3-8(9)10-19-7(5-23-10)6-24-12-21-20-11(22(12)18)13(15,16)17/h1-5H,6,18H2. The second kappa shape index (κ2) is 6.61. The van der Waals surface area contributed by atoms with E-state index in [-0.39, 0.29) is 5.16 Å². The summed E-state index contributed by atoms with van der Waals surface area (Å²) in [5, 5.41) is 9.64. The minimum atomic E-state index is -4.64. The van der Waals surface area contributed by atoms with Crippen LogP contribution in [0.5, 0.6) is 0 Å². The highest BCUT2D eigenvalue weighted by molar-refractivity contribution is 7.98. The van der Waals surface area contributed by atoms with Gasteiger partial charge in [0.05, 0.1) is 10.7 Å². The van der Waals surface area contributed by atoms with Gasteiger partial charge in [-0.05, 0) is 6.07 Å². The molecule has 126 valence electrons. The molecule has 0 spiro atoms. The second-order valence-corrected chi connectivity index (χ2v) is 6.79. The number of benzene rings is 1. The molecule has 2 aromatic heterocycles. The highest BCUT2D eigenvalue weighted by atomic mass is 35.5. The number of thiazole rings is 1. The smallest absolute Gasteiger partial charge is 0.335 e. The van der Waals surface area contributed by atoms with Crippen molar-refractivity contribution in [1.82, 2.24) is 19.9 Å². The zero-order valence-electron chi connectivity index (χ0n) is 11.8. The van der Waals surface area contributed by atoms with Gasteiger partial charge in [0, 0.05) is 16.7 Å². The summed E-state index contributed by atoms with van der Waals surface area (Å²) in [5.74, 6) is 4.46. The molecule has 11 heteroatoms. The molecule has 0 amide bonds. The van der Waals surface area contributed by atoms with E-state index in [0.717, 1.165) is 22.3 Å². The number of rotatable bonds is 4. The maximum Gasteiger partial charge on any atom is 0.453 e. The van der Waals surface area contributed by atoms with E-state index in [4.69, 9.17) is 17.4 Å². The largest absolute Gasteiger partial charge is 0.453 e. The minimum absolute atomic E-state index is 0.0328. The Labute approximate surface area is 147 Å². The van der Waals surface area contributed by atoms with Crippen molar-refractivity contribution in [3.05, 3.63) is 46.2 Å². The third-order valence-electron chi connectivity index (χ3n) is 2.92. The molecule has 3 rings (SSSR count). The molecule has 0 unspecified atom stereocenters. The van der Waals surface area contributed by atoms with Gasteiger partial charge in [0.15, 0.2) is 0 Å². The summed E-state index contributed by atoms with van der Waals surface area (Å²) in [6.45, 7) is 0. The summed E-state index contributed by atoms with van der Waals surface area (Å²) in [5.41, 5.74) is 1.50. The average molecular weight is 392 g/mol. The third kappa shape index (κ3) is 3.50. The van der Waals surface area contributed by atoms with Crippen LogP contribution >= 0.6 is 34.7 Å². The van der Waals surface area contributed by atoms with E-state index < -0.39 is 12.0 Å². The zero-order chi connectivity index (χ0) is 17.3. The SMILES string of the molecule is Nn1c(SCc2csc(-c3ccccc3Cl)n2)nnc1C(F)(F)F. The van der Waals surface area contributed by atoms with Crippen LogP contribution in [0, 0.1) is 0 Å². The molecular weight excluding hydrogens is 383 g/mol. The Bertz CT molecular complexity index is 861. The summed E-state index contributed by atoms with van der Waals surface area (Å²) < 4.78 is 38.3. The summed E-state index contributed by atoms with van der Waals surface area (Å²) in [6, 6.07) is 7.29. The topological polar surface area (TPSA) is 69.6 Å². The van der Waals surface area contributed by atoms with E-state index in [2.05, 4.69) is 15.2 Å². The minimum Gasteiger partial charge on any atom is -0.335 e. The number of nitrogens with zero attached hydrogens (tertiary/aromatic N) is 4. The van der Waals surface area contributed by atoms with Crippen LogP contribution in [0.1, 0.15) is 11.5 Å². The lowest BCUT2D eigenvalue weighted by Gasteiger charge is -2.05. The predicted octanol–water partition coefficient (Wildman–Crippen LogP) is 4.08. The Morgan fingerprint density at radius 3 is 2.67 bits per heavy atom. The van der Waals surface area contributed by atoms with Crippen LogP contribution in [-0.4, -0.2) is 19.9 Å². The Hall–Kier alpha value is -1.78. The summed E-state index contributed by atoms with van der Waals surface area (Å²) >= 11 is 8.55. The quantitative estimate of drug-likeness (QED) is 0.536. The van der Waals surface area contributed by atoms with Crippen LogP contribution in [0.2, 0.25) is 5.02 Å². The lowest BCUT2D eigenvalue weighted by Crippen LogP contribution is -2.21. The van der Waals surface area contributed by atoms with Crippen molar-refractivity contribution in [2.45, 2.75) is 17.1 Å². The molecule has 2 heterocycles. The molecule has 1 aromatic carbocycles. The van der Waals surface area contributed by atoms with Crippen LogP contribution in [0.4, 0.5) is 13.2 Å². The van der Waals surface area contributed by atoms with Crippen LogP contribution in [-0.2, 0) is 11.9 Å². The molecule has 2 N–H and O–H groups in total. The molecule has 0 radical (unpaired) electrons. The van der Waals surface area contributed by atoms with Gasteiger partial charge in [0.2, 0.25) is 5.16 Å². The number of hydrogen-bond donors (Lipinski definition) is 1. The third-order valence-corrected chi connectivity index (χ3v) is 5.15. The Balaban J connectivity index is 1.73. The van der Waals surface area contributed by atoms with Gasteiger partial charge in [-0.25, -0.2) is 9.66 Å². The van der Waals surface area contributed by atoms with Gasteiger partial charge in [-0.2, -0.15) is 13.2 Å². The van der Waals surface area contributed by atoms with Crippen LogP contribution < -0.4 is 5.84 Å². The fourth-order valence-corrected chi connectivity index (χ4v) is 3.83. The maximum absolute atomic E-state index is 12.6. The van der Waals surface area contributed by atoms with E-state index in [1.165, 1.54) is 11.3 Å². The van der Waals surface area contributed by atoms with Crippen LogP contribution in [0.3, 0.4) is 0 Å². The molecule has 0 saturated heterocycles. The number of aromatic nitrogens is 4. The molecule has 0 aliphatic rings. The molecule has 0 bridgehead atoms. The van der Waals surface area contributed by atoms with Gasteiger partial charge in [-0.1, -0.05) is 41.6 Å². The van der Waals surface area contributed by atoms with E-state index in [0.29, 0.717) is 21.1 Å². The highest BCUT2D eigenvalue weighted by Gasteiger charge is 2.38. The van der Waals surface area contributed by atoms with Crippen molar-refractivity contribution in [3.8, 4) is 10.6 Å². The average Bonchev–Trinajstić information content (AvgIpc) is 3.12. The summed E-state index contributed by atoms with van der Waals surface area (Å²) in [6.07, 6.45) is -4.64.